The first-order valence-electron chi connectivity index (χ1n) is 6.78. The molecule has 0 radical (unpaired) electrons. The van der Waals surface area contributed by atoms with Gasteiger partial charge in [0.25, 0.3) is 0 Å². The lowest BCUT2D eigenvalue weighted by atomic mass is 10.1. The molecule has 0 unspecified atom stereocenters. The zero-order valence-electron chi connectivity index (χ0n) is 11.8. The Morgan fingerprint density at radius 3 is 2.50 bits per heavy atom. The van der Waals surface area contributed by atoms with Crippen LogP contribution in [0.25, 0.3) is 0 Å². The largest absolute Gasteiger partial charge is 0.480 e. The van der Waals surface area contributed by atoms with Crippen LogP contribution in [-0.2, 0) is 9.59 Å². The minimum absolute atomic E-state index is 0.0784. The molecule has 0 saturated heterocycles. The molecule has 1 amide bonds. The molecule has 1 fully saturated rings. The number of amides is 1. The highest BCUT2D eigenvalue weighted by atomic mass is 16.4. The number of carboxylic acids is 1. The molecule has 1 aliphatic carbocycles. The average molecular weight is 276 g/mol. The second kappa shape index (κ2) is 6.05. The number of carbonyl (C=O) groups is 2. The third-order valence-electron chi connectivity index (χ3n) is 3.54. The van der Waals surface area contributed by atoms with E-state index in [2.05, 4.69) is 5.32 Å². The number of carboxylic acid groups (broad SMARTS) is 1. The van der Waals surface area contributed by atoms with Gasteiger partial charge in [0.05, 0.1) is 13.1 Å². The number of aliphatic carboxylic acids is 1. The fourth-order valence-corrected chi connectivity index (χ4v) is 2.13. The Hall–Kier alpha value is -1.88. The molecule has 0 atom stereocenters. The Morgan fingerprint density at radius 2 is 1.95 bits per heavy atom. The number of hydrogen-bond donors (Lipinski definition) is 2. The number of benzene rings is 1. The summed E-state index contributed by atoms with van der Waals surface area (Å²) < 4.78 is 0. The fourth-order valence-electron chi connectivity index (χ4n) is 2.13. The number of rotatable bonds is 6. The summed E-state index contributed by atoms with van der Waals surface area (Å²) in [6.45, 7) is 4.06. The second-order valence-corrected chi connectivity index (χ2v) is 5.38. The molecular formula is C15H20N2O3. The van der Waals surface area contributed by atoms with Gasteiger partial charge < -0.3 is 10.4 Å². The molecule has 0 spiro atoms. The van der Waals surface area contributed by atoms with Crippen LogP contribution in [0.1, 0.15) is 24.0 Å². The number of nitrogens with one attached hydrogen (secondary N) is 1. The summed E-state index contributed by atoms with van der Waals surface area (Å²) in [6, 6.07) is 5.99. The SMILES string of the molecule is Cc1ccc(NC(=O)CN(CC(=O)O)C2CC2)cc1C. The number of hydrogen-bond acceptors (Lipinski definition) is 3. The molecule has 1 aliphatic rings. The Bertz CT molecular complexity index is 524. The second-order valence-electron chi connectivity index (χ2n) is 5.38. The monoisotopic (exact) mass is 276 g/mol. The highest BCUT2D eigenvalue weighted by molar-refractivity contribution is 5.92. The van der Waals surface area contributed by atoms with Crippen molar-refractivity contribution in [2.45, 2.75) is 32.7 Å². The van der Waals surface area contributed by atoms with Crippen molar-refractivity contribution >= 4 is 17.6 Å². The molecular weight excluding hydrogens is 256 g/mol. The molecule has 0 heterocycles. The first-order valence-corrected chi connectivity index (χ1v) is 6.78. The van der Waals surface area contributed by atoms with Crippen molar-refractivity contribution in [2.75, 3.05) is 18.4 Å². The summed E-state index contributed by atoms with van der Waals surface area (Å²) in [5.74, 6) is -1.06. The molecule has 0 aromatic heterocycles. The van der Waals surface area contributed by atoms with E-state index in [4.69, 9.17) is 5.11 Å². The topological polar surface area (TPSA) is 69.6 Å². The van der Waals surface area contributed by atoms with Gasteiger partial charge in [0.1, 0.15) is 0 Å². The molecule has 1 saturated carbocycles. The molecule has 1 aromatic rings. The lowest BCUT2D eigenvalue weighted by molar-refractivity contribution is -0.138. The van der Waals surface area contributed by atoms with Gasteiger partial charge in [-0.3, -0.25) is 14.5 Å². The van der Waals surface area contributed by atoms with Crippen LogP contribution in [0.3, 0.4) is 0 Å². The summed E-state index contributed by atoms with van der Waals surface area (Å²) in [5.41, 5.74) is 3.05. The van der Waals surface area contributed by atoms with Crippen LogP contribution in [0.4, 0.5) is 5.69 Å². The minimum atomic E-state index is -0.893. The van der Waals surface area contributed by atoms with Crippen LogP contribution in [-0.4, -0.2) is 41.0 Å². The number of nitrogens with zero attached hydrogens (tertiary/aromatic N) is 1. The van der Waals surface area contributed by atoms with Gasteiger partial charge in [-0.1, -0.05) is 6.07 Å². The molecule has 2 N–H and O–H groups in total. The predicted octanol–water partition coefficient (Wildman–Crippen LogP) is 1.79. The summed E-state index contributed by atoms with van der Waals surface area (Å²) in [7, 11) is 0. The maximum Gasteiger partial charge on any atom is 0.317 e. The third-order valence-corrected chi connectivity index (χ3v) is 3.54. The smallest absolute Gasteiger partial charge is 0.317 e. The van der Waals surface area contributed by atoms with E-state index in [0.717, 1.165) is 24.1 Å². The Kier molecular flexibility index (Phi) is 4.39. The van der Waals surface area contributed by atoms with Gasteiger partial charge in [0, 0.05) is 11.7 Å². The number of carbonyl (C=O) groups excluding carboxylic acids is 1. The van der Waals surface area contributed by atoms with Crippen LogP contribution < -0.4 is 5.32 Å². The van der Waals surface area contributed by atoms with E-state index in [1.807, 2.05) is 32.0 Å². The van der Waals surface area contributed by atoms with Crippen molar-refractivity contribution in [3.63, 3.8) is 0 Å². The average Bonchev–Trinajstić information content (AvgIpc) is 3.16. The van der Waals surface area contributed by atoms with Gasteiger partial charge in [-0.05, 0) is 49.9 Å². The van der Waals surface area contributed by atoms with E-state index < -0.39 is 5.97 Å². The highest BCUT2D eigenvalue weighted by Crippen LogP contribution is 2.26. The van der Waals surface area contributed by atoms with Gasteiger partial charge in [-0.15, -0.1) is 0 Å². The van der Waals surface area contributed by atoms with Crippen LogP contribution >= 0.6 is 0 Å². The van der Waals surface area contributed by atoms with Gasteiger partial charge >= 0.3 is 5.97 Å². The van der Waals surface area contributed by atoms with Gasteiger partial charge in [0.2, 0.25) is 5.91 Å². The lowest BCUT2D eigenvalue weighted by Crippen LogP contribution is -2.38. The normalized spacial score (nSPS) is 14.3. The van der Waals surface area contributed by atoms with Crippen molar-refractivity contribution in [2.24, 2.45) is 0 Å². The summed E-state index contributed by atoms with van der Waals surface area (Å²) >= 11 is 0. The summed E-state index contributed by atoms with van der Waals surface area (Å²) in [4.78, 5) is 24.5. The zero-order valence-corrected chi connectivity index (χ0v) is 11.8. The molecule has 0 bridgehead atoms. The van der Waals surface area contributed by atoms with E-state index in [9.17, 15) is 9.59 Å². The number of aryl methyl sites for hydroxylation is 2. The quantitative estimate of drug-likeness (QED) is 0.831. The maximum atomic E-state index is 12.0. The van der Waals surface area contributed by atoms with Crippen molar-refractivity contribution in [3.05, 3.63) is 29.3 Å². The van der Waals surface area contributed by atoms with E-state index in [1.165, 1.54) is 5.56 Å². The molecule has 1 aromatic carbocycles. The molecule has 5 heteroatoms. The van der Waals surface area contributed by atoms with E-state index >= 15 is 0 Å². The predicted molar refractivity (Wildman–Crippen MR) is 76.8 cm³/mol. The van der Waals surface area contributed by atoms with Crippen molar-refractivity contribution in [1.29, 1.82) is 0 Å². The first kappa shape index (κ1) is 14.5. The summed E-state index contributed by atoms with van der Waals surface area (Å²) in [5, 5.41) is 11.7. The lowest BCUT2D eigenvalue weighted by Gasteiger charge is -2.19. The molecule has 108 valence electrons. The van der Waals surface area contributed by atoms with E-state index in [0.29, 0.717) is 0 Å². The standard InChI is InChI=1S/C15H20N2O3/c1-10-3-4-12(7-11(10)2)16-14(18)8-17(9-15(19)20)13-5-6-13/h3-4,7,13H,5-6,8-9H2,1-2H3,(H,16,18)(H,19,20). The van der Waals surface area contributed by atoms with E-state index in [1.54, 1.807) is 4.90 Å². The van der Waals surface area contributed by atoms with Crippen LogP contribution in [0.5, 0.6) is 0 Å². The summed E-state index contributed by atoms with van der Waals surface area (Å²) in [6.07, 6.45) is 1.95. The van der Waals surface area contributed by atoms with Crippen LogP contribution in [0, 0.1) is 13.8 Å². The molecule has 2 rings (SSSR count). The van der Waals surface area contributed by atoms with Gasteiger partial charge in [0.15, 0.2) is 0 Å². The molecule has 5 nitrogen and oxygen atoms in total. The Labute approximate surface area is 118 Å². The number of anilines is 1. The third kappa shape index (κ3) is 4.06. The van der Waals surface area contributed by atoms with Gasteiger partial charge in [-0.2, -0.15) is 0 Å². The van der Waals surface area contributed by atoms with Crippen LogP contribution in [0.2, 0.25) is 0 Å². The Balaban J connectivity index is 1.93. The van der Waals surface area contributed by atoms with Crippen molar-refractivity contribution in [3.8, 4) is 0 Å². The Morgan fingerprint density at radius 1 is 1.25 bits per heavy atom. The van der Waals surface area contributed by atoms with Crippen molar-refractivity contribution in [1.82, 2.24) is 4.90 Å². The van der Waals surface area contributed by atoms with Crippen molar-refractivity contribution < 1.29 is 14.7 Å². The fraction of sp³-hybridized carbons (Fsp3) is 0.467. The zero-order chi connectivity index (χ0) is 14.7. The molecule has 20 heavy (non-hydrogen) atoms. The van der Waals surface area contributed by atoms with E-state index in [-0.39, 0.29) is 25.0 Å². The molecule has 0 aliphatic heterocycles. The first-order chi connectivity index (χ1) is 9.45. The minimum Gasteiger partial charge on any atom is -0.480 e. The van der Waals surface area contributed by atoms with Crippen LogP contribution in [0.15, 0.2) is 18.2 Å². The maximum absolute atomic E-state index is 12.0. The van der Waals surface area contributed by atoms with Gasteiger partial charge in [-0.25, -0.2) is 0 Å². The highest BCUT2D eigenvalue weighted by Gasteiger charge is 2.31.